The average molecular weight is 407 g/mol. The van der Waals surface area contributed by atoms with E-state index < -0.39 is 0 Å². The SMILES string of the molecule is O=C(Cn1nc(-c2ccccc2)ccc1=O)NCCc1c[nH]c2ccc(Cl)cc12. The minimum Gasteiger partial charge on any atom is -0.361 e. The van der Waals surface area contributed by atoms with Gasteiger partial charge in [-0.15, -0.1) is 0 Å². The lowest BCUT2D eigenvalue weighted by atomic mass is 10.1. The molecule has 29 heavy (non-hydrogen) atoms. The molecule has 0 radical (unpaired) electrons. The summed E-state index contributed by atoms with van der Waals surface area (Å²) in [6.45, 7) is 0.324. The number of halogens is 1. The number of amides is 1. The van der Waals surface area contributed by atoms with Crippen LogP contribution in [0.1, 0.15) is 5.56 Å². The Morgan fingerprint density at radius 3 is 2.76 bits per heavy atom. The fourth-order valence-electron chi connectivity index (χ4n) is 3.21. The number of aromatic nitrogens is 3. The summed E-state index contributed by atoms with van der Waals surface area (Å²) in [5.74, 6) is -0.261. The van der Waals surface area contributed by atoms with E-state index in [1.54, 1.807) is 6.07 Å². The first-order valence-electron chi connectivity index (χ1n) is 9.26. The minimum atomic E-state index is -0.314. The van der Waals surface area contributed by atoms with Crippen LogP contribution in [-0.4, -0.2) is 27.2 Å². The van der Waals surface area contributed by atoms with Crippen molar-refractivity contribution in [2.24, 2.45) is 0 Å². The van der Waals surface area contributed by atoms with Crippen molar-refractivity contribution in [3.8, 4) is 11.3 Å². The van der Waals surface area contributed by atoms with E-state index in [1.165, 1.54) is 10.7 Å². The van der Waals surface area contributed by atoms with Gasteiger partial charge in [0.1, 0.15) is 6.54 Å². The molecule has 6 nitrogen and oxygen atoms in total. The van der Waals surface area contributed by atoms with Gasteiger partial charge in [-0.05, 0) is 36.2 Å². The number of fused-ring (bicyclic) bond motifs is 1. The number of rotatable bonds is 6. The molecule has 0 spiro atoms. The molecule has 0 aliphatic rings. The van der Waals surface area contributed by atoms with Crippen molar-refractivity contribution in [2.45, 2.75) is 13.0 Å². The van der Waals surface area contributed by atoms with Gasteiger partial charge in [-0.25, -0.2) is 4.68 Å². The Hall–Kier alpha value is -3.38. The maximum absolute atomic E-state index is 12.3. The quantitative estimate of drug-likeness (QED) is 0.515. The van der Waals surface area contributed by atoms with E-state index in [4.69, 9.17) is 11.6 Å². The third-order valence-corrected chi connectivity index (χ3v) is 4.91. The number of hydrogen-bond donors (Lipinski definition) is 2. The molecule has 4 aromatic rings. The Bertz CT molecular complexity index is 1210. The molecule has 2 heterocycles. The second-order valence-corrected chi connectivity index (χ2v) is 7.12. The smallest absolute Gasteiger partial charge is 0.267 e. The zero-order valence-corrected chi connectivity index (χ0v) is 16.3. The predicted octanol–water partition coefficient (Wildman–Crippen LogP) is 3.40. The highest BCUT2D eigenvalue weighted by molar-refractivity contribution is 6.31. The summed E-state index contributed by atoms with van der Waals surface area (Å²) >= 11 is 6.07. The van der Waals surface area contributed by atoms with Gasteiger partial charge in [0.25, 0.3) is 5.56 Å². The van der Waals surface area contributed by atoms with Crippen LogP contribution in [0, 0.1) is 0 Å². The maximum atomic E-state index is 12.3. The molecular weight excluding hydrogens is 388 g/mol. The fraction of sp³-hybridized carbons (Fsp3) is 0.136. The molecule has 0 saturated carbocycles. The molecule has 0 saturated heterocycles. The molecule has 7 heteroatoms. The minimum absolute atomic E-state index is 0.126. The number of nitrogens with zero attached hydrogens (tertiary/aromatic N) is 2. The predicted molar refractivity (Wildman–Crippen MR) is 114 cm³/mol. The average Bonchev–Trinajstić information content (AvgIpc) is 3.12. The molecule has 0 bridgehead atoms. The van der Waals surface area contributed by atoms with Crippen molar-refractivity contribution in [2.75, 3.05) is 6.54 Å². The summed E-state index contributed by atoms with van der Waals surface area (Å²) in [5, 5.41) is 8.88. The number of hydrogen-bond acceptors (Lipinski definition) is 3. The number of carbonyl (C=O) groups is 1. The van der Waals surface area contributed by atoms with E-state index >= 15 is 0 Å². The number of H-pyrrole nitrogens is 1. The van der Waals surface area contributed by atoms with Gasteiger partial charge in [0.2, 0.25) is 5.91 Å². The Balaban J connectivity index is 1.39. The van der Waals surface area contributed by atoms with Gasteiger partial charge in [-0.1, -0.05) is 41.9 Å². The zero-order chi connectivity index (χ0) is 20.2. The summed E-state index contributed by atoms with van der Waals surface area (Å²) in [4.78, 5) is 27.6. The molecule has 146 valence electrons. The number of carbonyl (C=O) groups excluding carboxylic acids is 1. The highest BCUT2D eigenvalue weighted by Crippen LogP contribution is 2.22. The first-order chi connectivity index (χ1) is 14.1. The Labute approximate surface area is 172 Å². The topological polar surface area (TPSA) is 79.8 Å². The maximum Gasteiger partial charge on any atom is 0.267 e. The van der Waals surface area contributed by atoms with Gasteiger partial charge in [0.15, 0.2) is 0 Å². The van der Waals surface area contributed by atoms with E-state index in [0.29, 0.717) is 23.7 Å². The molecule has 2 aromatic heterocycles. The summed E-state index contributed by atoms with van der Waals surface area (Å²) in [6, 6.07) is 18.3. The number of benzene rings is 2. The fourth-order valence-corrected chi connectivity index (χ4v) is 3.38. The molecule has 0 atom stereocenters. The van der Waals surface area contributed by atoms with E-state index in [9.17, 15) is 9.59 Å². The molecule has 0 fully saturated rings. The van der Waals surface area contributed by atoms with Crippen molar-refractivity contribution in [3.05, 3.63) is 87.8 Å². The van der Waals surface area contributed by atoms with Crippen LogP contribution in [-0.2, 0) is 17.8 Å². The van der Waals surface area contributed by atoms with Crippen molar-refractivity contribution in [1.82, 2.24) is 20.1 Å². The molecule has 0 aliphatic carbocycles. The lowest BCUT2D eigenvalue weighted by Crippen LogP contribution is -2.34. The molecule has 2 aromatic carbocycles. The highest BCUT2D eigenvalue weighted by atomic mass is 35.5. The van der Waals surface area contributed by atoms with Gasteiger partial charge in [0, 0.05) is 40.3 Å². The van der Waals surface area contributed by atoms with Crippen LogP contribution in [0.5, 0.6) is 0 Å². The van der Waals surface area contributed by atoms with E-state index in [2.05, 4.69) is 15.4 Å². The van der Waals surface area contributed by atoms with Gasteiger partial charge in [0.05, 0.1) is 5.69 Å². The number of nitrogens with one attached hydrogen (secondary N) is 2. The van der Waals surface area contributed by atoms with Gasteiger partial charge in [-0.3, -0.25) is 9.59 Å². The van der Waals surface area contributed by atoms with Crippen LogP contribution >= 0.6 is 11.6 Å². The van der Waals surface area contributed by atoms with Crippen molar-refractivity contribution >= 4 is 28.4 Å². The first-order valence-corrected chi connectivity index (χ1v) is 9.64. The van der Waals surface area contributed by atoms with Crippen LogP contribution in [0.3, 0.4) is 0 Å². The van der Waals surface area contributed by atoms with Crippen LogP contribution < -0.4 is 10.9 Å². The Morgan fingerprint density at radius 1 is 1.10 bits per heavy atom. The molecule has 0 aliphatic heterocycles. The lowest BCUT2D eigenvalue weighted by Gasteiger charge is -2.08. The zero-order valence-electron chi connectivity index (χ0n) is 15.6. The van der Waals surface area contributed by atoms with Crippen molar-refractivity contribution < 1.29 is 4.79 Å². The second kappa shape index (κ2) is 8.32. The lowest BCUT2D eigenvalue weighted by molar-refractivity contribution is -0.121. The standard InChI is InChI=1S/C22H19ClN4O2/c23-17-6-7-20-18(12-17)16(13-25-20)10-11-24-21(28)14-27-22(29)9-8-19(26-27)15-4-2-1-3-5-15/h1-9,12-13,25H,10-11,14H2,(H,24,28). The summed E-state index contributed by atoms with van der Waals surface area (Å²) in [6.07, 6.45) is 2.57. The van der Waals surface area contributed by atoms with Crippen LogP contribution in [0.4, 0.5) is 0 Å². The van der Waals surface area contributed by atoms with Gasteiger partial charge in [-0.2, -0.15) is 5.10 Å². The van der Waals surface area contributed by atoms with Gasteiger partial charge >= 0.3 is 0 Å². The first kappa shape index (κ1) is 19.0. The Morgan fingerprint density at radius 2 is 1.93 bits per heavy atom. The van der Waals surface area contributed by atoms with Crippen LogP contribution in [0.15, 0.2) is 71.7 Å². The van der Waals surface area contributed by atoms with E-state index in [0.717, 1.165) is 22.0 Å². The molecule has 0 unspecified atom stereocenters. The molecule has 4 rings (SSSR count). The van der Waals surface area contributed by atoms with Crippen molar-refractivity contribution in [1.29, 1.82) is 0 Å². The monoisotopic (exact) mass is 406 g/mol. The second-order valence-electron chi connectivity index (χ2n) is 6.68. The summed E-state index contributed by atoms with van der Waals surface area (Å²) < 4.78 is 1.18. The third kappa shape index (κ3) is 4.38. The van der Waals surface area contributed by atoms with Crippen LogP contribution in [0.25, 0.3) is 22.2 Å². The Kier molecular flexibility index (Phi) is 5.44. The highest BCUT2D eigenvalue weighted by Gasteiger charge is 2.09. The largest absolute Gasteiger partial charge is 0.361 e. The van der Waals surface area contributed by atoms with E-state index in [-0.39, 0.29) is 18.0 Å². The van der Waals surface area contributed by atoms with Gasteiger partial charge < -0.3 is 10.3 Å². The third-order valence-electron chi connectivity index (χ3n) is 4.68. The van der Waals surface area contributed by atoms with Crippen molar-refractivity contribution in [3.63, 3.8) is 0 Å². The molecular formula is C22H19ClN4O2. The normalized spacial score (nSPS) is 10.9. The number of aromatic amines is 1. The van der Waals surface area contributed by atoms with E-state index in [1.807, 2.05) is 54.7 Å². The molecule has 2 N–H and O–H groups in total. The summed E-state index contributed by atoms with van der Waals surface area (Å²) in [7, 11) is 0. The summed E-state index contributed by atoms with van der Waals surface area (Å²) in [5.41, 5.74) is 3.30. The molecule has 1 amide bonds. The van der Waals surface area contributed by atoms with Crippen LogP contribution in [0.2, 0.25) is 5.02 Å².